The summed E-state index contributed by atoms with van der Waals surface area (Å²) in [5.74, 6) is 0.300. The molecule has 4 nitrogen and oxygen atoms in total. The Morgan fingerprint density at radius 2 is 2.25 bits per heavy atom. The van der Waals surface area contributed by atoms with Gasteiger partial charge >= 0.3 is 5.97 Å². The molecule has 1 aliphatic heterocycles. The highest BCUT2D eigenvalue weighted by Crippen LogP contribution is 2.31. The second kappa shape index (κ2) is 3.03. The van der Waals surface area contributed by atoms with E-state index in [2.05, 4.69) is 10.9 Å². The number of nitrogens with one attached hydrogen (secondary N) is 2. The Morgan fingerprint density at radius 3 is 3.00 bits per heavy atom. The van der Waals surface area contributed by atoms with Crippen LogP contribution in [0.5, 0.6) is 0 Å². The number of carbonyl (C=O) groups is 1. The molecule has 2 fully saturated rings. The topological polar surface area (TPSA) is 50.4 Å². The molecule has 1 heterocycles. The van der Waals surface area contributed by atoms with Crippen LogP contribution >= 0.6 is 0 Å². The molecule has 2 N–H and O–H groups in total. The third-order valence-electron chi connectivity index (χ3n) is 2.88. The first kappa shape index (κ1) is 8.01. The zero-order chi connectivity index (χ0) is 8.55. The zero-order valence-corrected chi connectivity index (χ0v) is 7.17. The summed E-state index contributed by atoms with van der Waals surface area (Å²) in [6, 6.07) is 0.358. The van der Waals surface area contributed by atoms with Crippen LogP contribution in [0.1, 0.15) is 19.3 Å². The summed E-state index contributed by atoms with van der Waals surface area (Å²) >= 11 is 0. The molecule has 3 unspecified atom stereocenters. The van der Waals surface area contributed by atoms with Crippen molar-refractivity contribution in [2.75, 3.05) is 7.11 Å². The fraction of sp³-hybridized carbons (Fsp3) is 0.875. The Morgan fingerprint density at radius 1 is 1.42 bits per heavy atom. The first-order valence-corrected chi connectivity index (χ1v) is 4.42. The predicted octanol–water partition coefficient (Wildman–Crippen LogP) is -0.196. The SMILES string of the molecule is COC(=O)C1NNC2CCCC21. The quantitative estimate of drug-likeness (QED) is 0.535. The highest BCUT2D eigenvalue weighted by atomic mass is 16.5. The van der Waals surface area contributed by atoms with Crippen molar-refractivity contribution >= 4 is 5.97 Å². The van der Waals surface area contributed by atoms with E-state index in [1.54, 1.807) is 0 Å². The maximum absolute atomic E-state index is 11.2. The molecule has 0 aromatic heterocycles. The van der Waals surface area contributed by atoms with Crippen LogP contribution in [0.15, 0.2) is 0 Å². The summed E-state index contributed by atoms with van der Waals surface area (Å²) in [5, 5.41) is 0. The molecule has 4 heteroatoms. The molecule has 2 rings (SSSR count). The van der Waals surface area contributed by atoms with Gasteiger partial charge in [-0.2, -0.15) is 0 Å². The van der Waals surface area contributed by atoms with Gasteiger partial charge in [-0.15, -0.1) is 0 Å². The average molecular weight is 170 g/mol. The first-order chi connectivity index (χ1) is 5.83. The third-order valence-corrected chi connectivity index (χ3v) is 2.88. The van der Waals surface area contributed by atoms with Crippen LogP contribution in [0, 0.1) is 5.92 Å². The number of hydrogen-bond donors (Lipinski definition) is 2. The first-order valence-electron chi connectivity index (χ1n) is 4.42. The normalized spacial score (nSPS) is 39.6. The van der Waals surface area contributed by atoms with Gasteiger partial charge in [0, 0.05) is 12.0 Å². The predicted molar refractivity (Wildman–Crippen MR) is 43.2 cm³/mol. The van der Waals surface area contributed by atoms with E-state index in [1.807, 2.05) is 0 Å². The zero-order valence-electron chi connectivity index (χ0n) is 7.17. The summed E-state index contributed by atoms with van der Waals surface area (Å²) in [5.41, 5.74) is 6.12. The Labute approximate surface area is 71.6 Å². The molecule has 1 saturated carbocycles. The van der Waals surface area contributed by atoms with Crippen LogP contribution in [-0.4, -0.2) is 25.2 Å². The number of carbonyl (C=O) groups excluding carboxylic acids is 1. The smallest absolute Gasteiger partial charge is 0.324 e. The number of methoxy groups -OCH3 is 1. The average Bonchev–Trinajstić information content (AvgIpc) is 2.62. The van der Waals surface area contributed by atoms with Gasteiger partial charge < -0.3 is 4.74 Å². The molecule has 1 aliphatic carbocycles. The summed E-state index contributed by atoms with van der Waals surface area (Å²) in [7, 11) is 1.44. The summed E-state index contributed by atoms with van der Waals surface area (Å²) in [6.45, 7) is 0. The lowest BCUT2D eigenvalue weighted by molar-refractivity contribution is -0.143. The Hall–Kier alpha value is -0.610. The van der Waals surface area contributed by atoms with Crippen molar-refractivity contribution in [2.24, 2.45) is 5.92 Å². The van der Waals surface area contributed by atoms with Gasteiger partial charge in [-0.1, -0.05) is 6.42 Å². The van der Waals surface area contributed by atoms with Crippen LogP contribution in [-0.2, 0) is 9.53 Å². The largest absolute Gasteiger partial charge is 0.468 e. The van der Waals surface area contributed by atoms with Crippen LogP contribution in [0.3, 0.4) is 0 Å². The monoisotopic (exact) mass is 170 g/mol. The maximum Gasteiger partial charge on any atom is 0.324 e. The number of hydrazine groups is 1. The number of esters is 1. The summed E-state index contributed by atoms with van der Waals surface area (Å²) < 4.78 is 4.70. The van der Waals surface area contributed by atoms with Crippen molar-refractivity contribution in [3.05, 3.63) is 0 Å². The molecule has 2 aliphatic rings. The van der Waals surface area contributed by atoms with Crippen molar-refractivity contribution in [1.29, 1.82) is 0 Å². The molecular formula is C8H14N2O2. The second-order valence-corrected chi connectivity index (χ2v) is 3.49. The lowest BCUT2D eigenvalue weighted by Gasteiger charge is -2.13. The van der Waals surface area contributed by atoms with Crippen molar-refractivity contribution in [1.82, 2.24) is 10.9 Å². The number of fused-ring (bicyclic) bond motifs is 1. The van der Waals surface area contributed by atoms with E-state index < -0.39 is 0 Å². The van der Waals surface area contributed by atoms with E-state index in [0.29, 0.717) is 12.0 Å². The number of rotatable bonds is 1. The van der Waals surface area contributed by atoms with E-state index in [1.165, 1.54) is 20.0 Å². The van der Waals surface area contributed by atoms with Crippen molar-refractivity contribution in [3.8, 4) is 0 Å². The van der Waals surface area contributed by atoms with E-state index in [-0.39, 0.29) is 12.0 Å². The molecule has 12 heavy (non-hydrogen) atoms. The maximum atomic E-state index is 11.2. The van der Waals surface area contributed by atoms with Crippen LogP contribution in [0.4, 0.5) is 0 Å². The van der Waals surface area contributed by atoms with Gasteiger partial charge in [-0.25, -0.2) is 5.43 Å². The van der Waals surface area contributed by atoms with Gasteiger partial charge in [0.1, 0.15) is 6.04 Å². The summed E-state index contributed by atoms with van der Waals surface area (Å²) in [6.07, 6.45) is 3.52. The minimum absolute atomic E-state index is 0.123. The lowest BCUT2D eigenvalue weighted by atomic mass is 9.98. The van der Waals surface area contributed by atoms with Gasteiger partial charge in [0.15, 0.2) is 0 Å². The highest BCUT2D eigenvalue weighted by molar-refractivity contribution is 5.76. The Bertz CT molecular complexity index is 195. The molecule has 0 aromatic rings. The van der Waals surface area contributed by atoms with Crippen molar-refractivity contribution in [3.63, 3.8) is 0 Å². The van der Waals surface area contributed by atoms with E-state index in [0.717, 1.165) is 6.42 Å². The Balaban J connectivity index is 2.04. The van der Waals surface area contributed by atoms with Crippen molar-refractivity contribution < 1.29 is 9.53 Å². The molecule has 0 radical (unpaired) electrons. The van der Waals surface area contributed by atoms with Gasteiger partial charge in [0.05, 0.1) is 7.11 Å². The van der Waals surface area contributed by atoms with Crippen LogP contribution < -0.4 is 10.9 Å². The molecule has 0 amide bonds. The molecule has 0 spiro atoms. The van der Waals surface area contributed by atoms with E-state index in [9.17, 15) is 4.79 Å². The molecular weight excluding hydrogens is 156 g/mol. The summed E-state index contributed by atoms with van der Waals surface area (Å²) in [4.78, 5) is 11.2. The number of ether oxygens (including phenoxy) is 1. The standard InChI is InChI=1S/C8H14N2O2/c1-12-8(11)7-5-3-2-4-6(5)9-10-7/h5-7,9-10H,2-4H2,1H3. The van der Waals surface area contributed by atoms with Crippen LogP contribution in [0.25, 0.3) is 0 Å². The third kappa shape index (κ3) is 1.11. The van der Waals surface area contributed by atoms with Gasteiger partial charge in [-0.3, -0.25) is 10.2 Å². The molecule has 3 atom stereocenters. The van der Waals surface area contributed by atoms with Crippen LogP contribution in [0.2, 0.25) is 0 Å². The Kier molecular flexibility index (Phi) is 2.02. The van der Waals surface area contributed by atoms with Gasteiger partial charge in [0.25, 0.3) is 0 Å². The fourth-order valence-corrected chi connectivity index (χ4v) is 2.23. The molecule has 0 aromatic carbocycles. The second-order valence-electron chi connectivity index (χ2n) is 3.49. The minimum Gasteiger partial charge on any atom is -0.468 e. The number of hydrogen-bond acceptors (Lipinski definition) is 4. The lowest BCUT2D eigenvalue weighted by Crippen LogP contribution is -2.39. The van der Waals surface area contributed by atoms with E-state index >= 15 is 0 Å². The molecule has 68 valence electrons. The van der Waals surface area contributed by atoms with Gasteiger partial charge in [-0.05, 0) is 12.8 Å². The highest BCUT2D eigenvalue weighted by Gasteiger charge is 2.42. The van der Waals surface area contributed by atoms with Gasteiger partial charge in [0.2, 0.25) is 0 Å². The van der Waals surface area contributed by atoms with E-state index in [4.69, 9.17) is 4.74 Å². The molecule has 1 saturated heterocycles. The van der Waals surface area contributed by atoms with Crippen molar-refractivity contribution in [2.45, 2.75) is 31.3 Å². The fourth-order valence-electron chi connectivity index (χ4n) is 2.23. The minimum atomic E-state index is -0.142. The molecule has 0 bridgehead atoms.